The molecule has 1 fully saturated rings. The predicted molar refractivity (Wildman–Crippen MR) is 112 cm³/mol. The fourth-order valence-corrected chi connectivity index (χ4v) is 3.50. The fourth-order valence-electron chi connectivity index (χ4n) is 3.50. The lowest BCUT2D eigenvalue weighted by Crippen LogP contribution is -2.41. The molecule has 1 aliphatic heterocycles. The first-order chi connectivity index (χ1) is 14.1. The summed E-state index contributed by atoms with van der Waals surface area (Å²) in [7, 11) is 1.74. The van der Waals surface area contributed by atoms with Crippen LogP contribution in [0.5, 0.6) is 0 Å². The lowest BCUT2D eigenvalue weighted by molar-refractivity contribution is 0.0383. The van der Waals surface area contributed by atoms with Crippen LogP contribution in [0.4, 0.5) is 0 Å². The summed E-state index contributed by atoms with van der Waals surface area (Å²) < 4.78 is 6.93. The van der Waals surface area contributed by atoms with Crippen molar-refractivity contribution in [1.82, 2.24) is 19.8 Å². The molecular formula is C22H24N4O3. The number of para-hydroxylation sites is 2. The van der Waals surface area contributed by atoms with E-state index in [1.54, 1.807) is 35.9 Å². The molecular weight excluding hydrogens is 368 g/mol. The number of hydrogen-bond acceptors (Lipinski definition) is 5. The summed E-state index contributed by atoms with van der Waals surface area (Å²) in [5.74, 6) is -0.121. The molecule has 0 aliphatic carbocycles. The van der Waals surface area contributed by atoms with E-state index in [4.69, 9.17) is 4.74 Å². The van der Waals surface area contributed by atoms with E-state index >= 15 is 0 Å². The van der Waals surface area contributed by atoms with Crippen molar-refractivity contribution >= 4 is 16.9 Å². The van der Waals surface area contributed by atoms with E-state index in [1.807, 2.05) is 24.3 Å². The zero-order valence-electron chi connectivity index (χ0n) is 16.4. The maximum Gasteiger partial charge on any atom is 0.277 e. The summed E-state index contributed by atoms with van der Waals surface area (Å²) in [5, 5.41) is 2.95. The minimum Gasteiger partial charge on any atom is -0.379 e. The highest BCUT2D eigenvalue weighted by atomic mass is 16.5. The Morgan fingerprint density at radius 1 is 1.10 bits per heavy atom. The molecule has 0 unspecified atom stereocenters. The standard InChI is InChI=1S/C22H24N4O3/c1-25-19-5-3-2-4-18(19)24-20(22(25)28)16-6-8-17(9-7-16)21(27)23-10-11-26-12-14-29-15-13-26/h2-9H,10-15H2,1H3,(H,23,27). The van der Waals surface area contributed by atoms with Gasteiger partial charge in [-0.1, -0.05) is 24.3 Å². The van der Waals surface area contributed by atoms with Gasteiger partial charge in [0.25, 0.3) is 11.5 Å². The third-order valence-electron chi connectivity index (χ3n) is 5.22. The number of aromatic nitrogens is 2. The second-order valence-corrected chi connectivity index (χ2v) is 7.10. The van der Waals surface area contributed by atoms with Gasteiger partial charge in [-0.3, -0.25) is 14.5 Å². The van der Waals surface area contributed by atoms with Gasteiger partial charge < -0.3 is 14.6 Å². The number of morpholine rings is 1. The number of carbonyl (C=O) groups is 1. The third kappa shape index (κ3) is 4.21. The number of ether oxygens (including phenoxy) is 1. The molecule has 2 heterocycles. The van der Waals surface area contributed by atoms with E-state index in [0.717, 1.165) is 43.9 Å². The number of hydrogen-bond donors (Lipinski definition) is 1. The number of carbonyl (C=O) groups excluding carboxylic acids is 1. The van der Waals surface area contributed by atoms with E-state index in [-0.39, 0.29) is 11.5 Å². The monoisotopic (exact) mass is 392 g/mol. The highest BCUT2D eigenvalue weighted by Crippen LogP contribution is 2.18. The molecule has 1 saturated heterocycles. The minimum atomic E-state index is -0.161. The van der Waals surface area contributed by atoms with Crippen molar-refractivity contribution in [3.8, 4) is 11.3 Å². The maximum atomic E-state index is 12.7. The molecule has 1 amide bonds. The Balaban J connectivity index is 1.46. The Bertz CT molecular complexity index is 1070. The van der Waals surface area contributed by atoms with Gasteiger partial charge in [-0.15, -0.1) is 0 Å². The smallest absolute Gasteiger partial charge is 0.277 e. The van der Waals surface area contributed by atoms with Gasteiger partial charge >= 0.3 is 0 Å². The van der Waals surface area contributed by atoms with Crippen LogP contribution in [-0.2, 0) is 11.8 Å². The largest absolute Gasteiger partial charge is 0.379 e. The zero-order chi connectivity index (χ0) is 20.2. The van der Waals surface area contributed by atoms with Crippen molar-refractivity contribution in [1.29, 1.82) is 0 Å². The number of rotatable bonds is 5. The highest BCUT2D eigenvalue weighted by Gasteiger charge is 2.13. The van der Waals surface area contributed by atoms with Crippen LogP contribution in [0.25, 0.3) is 22.3 Å². The van der Waals surface area contributed by atoms with Gasteiger partial charge in [-0.05, 0) is 24.3 Å². The van der Waals surface area contributed by atoms with Gasteiger partial charge in [0.05, 0.1) is 24.2 Å². The number of nitrogens with zero attached hydrogens (tertiary/aromatic N) is 3. The average Bonchev–Trinajstić information content (AvgIpc) is 2.77. The summed E-state index contributed by atoms with van der Waals surface area (Å²) in [6.07, 6.45) is 0. The summed E-state index contributed by atoms with van der Waals surface area (Å²) in [6.45, 7) is 4.70. The molecule has 0 spiro atoms. The fraction of sp³-hybridized carbons (Fsp3) is 0.318. The second kappa shape index (κ2) is 8.55. The van der Waals surface area contributed by atoms with Crippen molar-refractivity contribution < 1.29 is 9.53 Å². The van der Waals surface area contributed by atoms with Gasteiger partial charge in [0.1, 0.15) is 5.69 Å². The molecule has 0 radical (unpaired) electrons. The second-order valence-electron chi connectivity index (χ2n) is 7.10. The SMILES string of the molecule is Cn1c(=O)c(-c2ccc(C(=O)NCCN3CCOCC3)cc2)nc2ccccc21. The van der Waals surface area contributed by atoms with Crippen molar-refractivity contribution in [3.63, 3.8) is 0 Å². The highest BCUT2D eigenvalue weighted by molar-refractivity contribution is 5.94. The first kappa shape index (κ1) is 19.3. The van der Waals surface area contributed by atoms with Gasteiger partial charge in [-0.25, -0.2) is 4.98 Å². The predicted octanol–water partition coefficient (Wildman–Crippen LogP) is 1.66. The van der Waals surface area contributed by atoms with Crippen LogP contribution >= 0.6 is 0 Å². The summed E-state index contributed by atoms with van der Waals surface area (Å²) >= 11 is 0. The summed E-state index contributed by atoms with van der Waals surface area (Å²) in [4.78, 5) is 31.9. The molecule has 0 saturated carbocycles. The summed E-state index contributed by atoms with van der Waals surface area (Å²) in [5.41, 5.74) is 3.03. The van der Waals surface area contributed by atoms with Gasteiger partial charge in [0.15, 0.2) is 0 Å². The van der Waals surface area contributed by atoms with Gasteiger partial charge in [0, 0.05) is 44.4 Å². The number of benzene rings is 2. The van der Waals surface area contributed by atoms with Crippen LogP contribution in [0.1, 0.15) is 10.4 Å². The Kier molecular flexibility index (Phi) is 5.69. The van der Waals surface area contributed by atoms with E-state index in [2.05, 4.69) is 15.2 Å². The molecule has 7 nitrogen and oxygen atoms in total. The molecule has 2 aromatic carbocycles. The quantitative estimate of drug-likeness (QED) is 0.715. The van der Waals surface area contributed by atoms with Crippen LogP contribution in [0.15, 0.2) is 53.3 Å². The van der Waals surface area contributed by atoms with Gasteiger partial charge in [0.2, 0.25) is 0 Å². The number of fused-ring (bicyclic) bond motifs is 1. The summed E-state index contributed by atoms with van der Waals surface area (Å²) in [6, 6.07) is 14.5. The molecule has 1 aromatic heterocycles. The van der Waals surface area contributed by atoms with Crippen LogP contribution < -0.4 is 10.9 Å². The Labute approximate surface area is 168 Å². The number of nitrogens with one attached hydrogen (secondary N) is 1. The van der Waals surface area contributed by atoms with Crippen molar-refractivity contribution in [2.45, 2.75) is 0 Å². The van der Waals surface area contributed by atoms with Crippen LogP contribution in [0, 0.1) is 0 Å². The first-order valence-corrected chi connectivity index (χ1v) is 9.78. The van der Waals surface area contributed by atoms with E-state index in [1.165, 1.54) is 0 Å². The molecule has 150 valence electrons. The molecule has 0 atom stereocenters. The number of amides is 1. The lowest BCUT2D eigenvalue weighted by atomic mass is 10.1. The Morgan fingerprint density at radius 2 is 1.83 bits per heavy atom. The van der Waals surface area contributed by atoms with Crippen LogP contribution in [0.2, 0.25) is 0 Å². The van der Waals surface area contributed by atoms with E-state index in [0.29, 0.717) is 23.4 Å². The molecule has 7 heteroatoms. The molecule has 1 N–H and O–H groups in total. The molecule has 29 heavy (non-hydrogen) atoms. The van der Waals surface area contributed by atoms with E-state index < -0.39 is 0 Å². The van der Waals surface area contributed by atoms with Crippen LogP contribution in [-0.4, -0.2) is 59.8 Å². The molecule has 0 bridgehead atoms. The zero-order valence-corrected chi connectivity index (χ0v) is 16.4. The Hall–Kier alpha value is -3.03. The van der Waals surface area contributed by atoms with E-state index in [9.17, 15) is 9.59 Å². The Morgan fingerprint density at radius 3 is 2.59 bits per heavy atom. The van der Waals surface area contributed by atoms with Gasteiger partial charge in [-0.2, -0.15) is 0 Å². The van der Waals surface area contributed by atoms with Crippen molar-refractivity contribution in [3.05, 3.63) is 64.4 Å². The number of aryl methyl sites for hydroxylation is 1. The topological polar surface area (TPSA) is 76.5 Å². The maximum absolute atomic E-state index is 12.7. The van der Waals surface area contributed by atoms with Crippen LogP contribution in [0.3, 0.4) is 0 Å². The first-order valence-electron chi connectivity index (χ1n) is 9.78. The minimum absolute atomic E-state index is 0.121. The lowest BCUT2D eigenvalue weighted by Gasteiger charge is -2.26. The molecule has 3 aromatic rings. The third-order valence-corrected chi connectivity index (χ3v) is 5.22. The normalized spacial score (nSPS) is 14.8. The molecule has 4 rings (SSSR count). The van der Waals surface area contributed by atoms with Crippen molar-refractivity contribution in [2.24, 2.45) is 7.05 Å². The average molecular weight is 392 g/mol. The molecule has 1 aliphatic rings. The van der Waals surface area contributed by atoms with Crippen molar-refractivity contribution in [2.75, 3.05) is 39.4 Å².